The molecule has 0 N–H and O–H groups in total. The number of ether oxygens (including phenoxy) is 3. The number of hydrogen-bond acceptors (Lipinski definition) is 4. The molecule has 0 spiro atoms. The Bertz CT molecular complexity index is 474. The van der Waals surface area contributed by atoms with Crippen molar-refractivity contribution in [1.82, 2.24) is 0 Å². The van der Waals surface area contributed by atoms with E-state index in [0.29, 0.717) is 24.7 Å². The van der Waals surface area contributed by atoms with E-state index < -0.39 is 11.6 Å². The van der Waals surface area contributed by atoms with E-state index in [4.69, 9.17) is 14.2 Å². The predicted molar refractivity (Wildman–Crippen MR) is 83.7 cm³/mol. The SMILES string of the molecule is CCOc1cccc(OCC)c1C=CC(=O)OC(C)(C)C. The molecule has 0 saturated carbocycles. The van der Waals surface area contributed by atoms with Gasteiger partial charge in [0.05, 0.1) is 18.8 Å². The standard InChI is InChI=1S/C17H24O4/c1-6-19-14-9-8-10-15(20-7-2)13(14)11-12-16(18)21-17(3,4)5/h8-12H,6-7H2,1-5H3. The van der Waals surface area contributed by atoms with E-state index in [2.05, 4.69) is 0 Å². The van der Waals surface area contributed by atoms with Crippen molar-refractivity contribution in [1.29, 1.82) is 0 Å². The molecule has 0 heterocycles. The molecule has 116 valence electrons. The molecular weight excluding hydrogens is 268 g/mol. The summed E-state index contributed by atoms with van der Waals surface area (Å²) in [5.74, 6) is 0.975. The zero-order valence-electron chi connectivity index (χ0n) is 13.4. The van der Waals surface area contributed by atoms with Gasteiger partial charge in [0.25, 0.3) is 0 Å². The predicted octanol–water partition coefficient (Wildman–Crippen LogP) is 3.84. The average Bonchev–Trinajstić information content (AvgIpc) is 2.36. The van der Waals surface area contributed by atoms with Crippen molar-refractivity contribution in [2.45, 2.75) is 40.2 Å². The lowest BCUT2D eigenvalue weighted by molar-refractivity contribution is -0.148. The highest BCUT2D eigenvalue weighted by molar-refractivity contribution is 5.88. The molecule has 0 aliphatic carbocycles. The monoisotopic (exact) mass is 292 g/mol. The third-order valence-corrected chi connectivity index (χ3v) is 2.42. The minimum atomic E-state index is -0.510. The number of esters is 1. The molecule has 0 unspecified atom stereocenters. The highest BCUT2D eigenvalue weighted by Gasteiger charge is 2.15. The summed E-state index contributed by atoms with van der Waals surface area (Å²) >= 11 is 0. The van der Waals surface area contributed by atoms with E-state index >= 15 is 0 Å². The van der Waals surface area contributed by atoms with Gasteiger partial charge in [-0.15, -0.1) is 0 Å². The zero-order chi connectivity index (χ0) is 15.9. The summed E-state index contributed by atoms with van der Waals surface area (Å²) in [5, 5.41) is 0. The molecule has 4 heteroatoms. The topological polar surface area (TPSA) is 44.8 Å². The number of hydrogen-bond donors (Lipinski definition) is 0. The smallest absolute Gasteiger partial charge is 0.331 e. The summed E-state index contributed by atoms with van der Waals surface area (Å²) in [6.45, 7) is 10.4. The highest BCUT2D eigenvalue weighted by Crippen LogP contribution is 2.30. The van der Waals surface area contributed by atoms with Crippen LogP contribution < -0.4 is 9.47 Å². The lowest BCUT2D eigenvalue weighted by Gasteiger charge is -2.18. The van der Waals surface area contributed by atoms with Crippen molar-refractivity contribution in [2.24, 2.45) is 0 Å². The number of carbonyl (C=O) groups excluding carboxylic acids is 1. The molecule has 1 aromatic carbocycles. The molecule has 0 saturated heterocycles. The average molecular weight is 292 g/mol. The van der Waals surface area contributed by atoms with Crippen LogP contribution in [0.2, 0.25) is 0 Å². The Hall–Kier alpha value is -1.97. The summed E-state index contributed by atoms with van der Waals surface area (Å²) in [7, 11) is 0. The molecule has 1 rings (SSSR count). The molecule has 4 nitrogen and oxygen atoms in total. The molecule has 21 heavy (non-hydrogen) atoms. The first-order valence-electron chi connectivity index (χ1n) is 7.17. The van der Waals surface area contributed by atoms with Gasteiger partial charge in [0.15, 0.2) is 0 Å². The van der Waals surface area contributed by atoms with Crippen molar-refractivity contribution in [2.75, 3.05) is 13.2 Å². The quantitative estimate of drug-likeness (QED) is 0.590. The lowest BCUT2D eigenvalue weighted by Crippen LogP contribution is -2.22. The maximum absolute atomic E-state index is 11.8. The van der Waals surface area contributed by atoms with E-state index in [1.165, 1.54) is 6.08 Å². The van der Waals surface area contributed by atoms with Crippen LogP contribution in [-0.2, 0) is 9.53 Å². The first-order valence-corrected chi connectivity index (χ1v) is 7.17. The molecule has 0 aromatic heterocycles. The van der Waals surface area contributed by atoms with Gasteiger partial charge < -0.3 is 14.2 Å². The molecular formula is C17H24O4. The first kappa shape index (κ1) is 17.1. The fourth-order valence-electron chi connectivity index (χ4n) is 1.74. The summed E-state index contributed by atoms with van der Waals surface area (Å²) < 4.78 is 16.4. The summed E-state index contributed by atoms with van der Waals surface area (Å²) in [6.07, 6.45) is 3.07. The fourth-order valence-corrected chi connectivity index (χ4v) is 1.74. The Kier molecular flexibility index (Phi) is 6.28. The van der Waals surface area contributed by atoms with Crippen LogP contribution in [0.5, 0.6) is 11.5 Å². The third kappa shape index (κ3) is 5.90. The minimum Gasteiger partial charge on any atom is -0.493 e. The van der Waals surface area contributed by atoms with Gasteiger partial charge in [0.2, 0.25) is 0 Å². The second-order valence-corrected chi connectivity index (χ2v) is 5.40. The maximum atomic E-state index is 11.8. The normalized spacial score (nSPS) is 11.5. The molecule has 0 atom stereocenters. The Labute approximate surface area is 126 Å². The number of rotatable bonds is 6. The third-order valence-electron chi connectivity index (χ3n) is 2.42. The van der Waals surface area contributed by atoms with Gasteiger partial charge in [-0.1, -0.05) is 6.07 Å². The van der Waals surface area contributed by atoms with Gasteiger partial charge in [-0.2, -0.15) is 0 Å². The van der Waals surface area contributed by atoms with Gasteiger partial charge in [0, 0.05) is 6.08 Å². The second kappa shape index (κ2) is 7.72. The van der Waals surface area contributed by atoms with Crippen molar-refractivity contribution >= 4 is 12.0 Å². The van der Waals surface area contributed by atoms with Crippen LogP contribution in [0.3, 0.4) is 0 Å². The largest absolute Gasteiger partial charge is 0.493 e. The van der Waals surface area contributed by atoms with Crippen LogP contribution in [0.1, 0.15) is 40.2 Å². The van der Waals surface area contributed by atoms with E-state index in [1.54, 1.807) is 6.08 Å². The molecule has 1 aromatic rings. The van der Waals surface area contributed by atoms with Gasteiger partial charge in [-0.25, -0.2) is 4.79 Å². The summed E-state index contributed by atoms with van der Waals surface area (Å²) in [6, 6.07) is 5.56. The number of benzene rings is 1. The Balaban J connectivity index is 3.01. The van der Waals surface area contributed by atoms with E-state index in [-0.39, 0.29) is 0 Å². The van der Waals surface area contributed by atoms with E-state index in [1.807, 2.05) is 52.8 Å². The molecule has 0 amide bonds. The van der Waals surface area contributed by atoms with Crippen LogP contribution >= 0.6 is 0 Å². The van der Waals surface area contributed by atoms with Crippen molar-refractivity contribution in [3.63, 3.8) is 0 Å². The maximum Gasteiger partial charge on any atom is 0.331 e. The molecule has 0 fully saturated rings. The van der Waals surface area contributed by atoms with Gasteiger partial charge in [0.1, 0.15) is 17.1 Å². The van der Waals surface area contributed by atoms with Crippen molar-refractivity contribution < 1.29 is 19.0 Å². The molecule has 0 aliphatic heterocycles. The second-order valence-electron chi connectivity index (χ2n) is 5.40. The fraction of sp³-hybridized carbons (Fsp3) is 0.471. The van der Waals surface area contributed by atoms with Gasteiger partial charge in [-0.05, 0) is 52.8 Å². The summed E-state index contributed by atoms with van der Waals surface area (Å²) in [4.78, 5) is 11.8. The lowest BCUT2D eigenvalue weighted by atomic mass is 10.1. The zero-order valence-corrected chi connectivity index (χ0v) is 13.4. The van der Waals surface area contributed by atoms with Crippen molar-refractivity contribution in [3.05, 3.63) is 29.8 Å². The van der Waals surface area contributed by atoms with Gasteiger partial charge >= 0.3 is 5.97 Å². The molecule has 0 radical (unpaired) electrons. The Morgan fingerprint density at radius 2 is 1.62 bits per heavy atom. The number of carbonyl (C=O) groups is 1. The Morgan fingerprint density at radius 1 is 1.10 bits per heavy atom. The Morgan fingerprint density at radius 3 is 2.05 bits per heavy atom. The van der Waals surface area contributed by atoms with Crippen LogP contribution in [0.4, 0.5) is 0 Å². The van der Waals surface area contributed by atoms with Crippen LogP contribution in [-0.4, -0.2) is 24.8 Å². The van der Waals surface area contributed by atoms with Crippen molar-refractivity contribution in [3.8, 4) is 11.5 Å². The van der Waals surface area contributed by atoms with Crippen LogP contribution in [0.25, 0.3) is 6.08 Å². The van der Waals surface area contributed by atoms with Crippen LogP contribution in [0, 0.1) is 0 Å². The van der Waals surface area contributed by atoms with Crippen LogP contribution in [0.15, 0.2) is 24.3 Å². The minimum absolute atomic E-state index is 0.392. The summed E-state index contributed by atoms with van der Waals surface area (Å²) in [5.41, 5.74) is 0.232. The van der Waals surface area contributed by atoms with E-state index in [0.717, 1.165) is 5.56 Å². The van der Waals surface area contributed by atoms with Gasteiger partial charge in [-0.3, -0.25) is 0 Å². The molecule has 0 bridgehead atoms. The highest BCUT2D eigenvalue weighted by atomic mass is 16.6. The molecule has 0 aliphatic rings. The van der Waals surface area contributed by atoms with E-state index in [9.17, 15) is 4.79 Å². The first-order chi connectivity index (χ1) is 9.87.